The molecule has 0 fully saturated rings. The molecule has 0 aliphatic heterocycles. The number of nitrogens with one attached hydrogen (secondary N) is 1. The molecule has 0 saturated heterocycles. The van der Waals surface area contributed by atoms with Gasteiger partial charge in [-0.1, -0.05) is 87.0 Å². The van der Waals surface area contributed by atoms with Crippen LogP contribution in [0, 0.1) is 0 Å². The van der Waals surface area contributed by atoms with Crippen molar-refractivity contribution in [1.29, 1.82) is 0 Å². The molecule has 1 aromatic heterocycles. The number of carbonyl (C=O) groups is 1. The molecular weight excluding hydrogens is 416 g/mol. The molecule has 1 heterocycles. The van der Waals surface area contributed by atoms with Crippen LogP contribution in [-0.2, 0) is 18.4 Å². The number of rotatable bonds is 6. The van der Waals surface area contributed by atoms with Crippen molar-refractivity contribution in [1.82, 2.24) is 9.88 Å². The van der Waals surface area contributed by atoms with Crippen LogP contribution in [0.4, 0.5) is 0 Å². The van der Waals surface area contributed by atoms with Crippen LogP contribution in [-0.4, -0.2) is 22.3 Å². The van der Waals surface area contributed by atoms with Crippen LogP contribution in [0.15, 0.2) is 79.0 Å². The number of aromatic amines is 1. The summed E-state index contributed by atoms with van der Waals surface area (Å²) in [4.78, 5) is 18.8. The predicted molar refractivity (Wildman–Crippen MR) is 133 cm³/mol. The number of hydrogen-bond donors (Lipinski definition) is 1. The quantitative estimate of drug-likeness (QED) is 0.341. The Kier molecular flexibility index (Phi) is 6.38. The molecule has 0 atom stereocenters. The molecule has 0 saturated carbocycles. The molecule has 1 amide bonds. The lowest BCUT2D eigenvalue weighted by Gasteiger charge is -2.25. The Bertz CT molecular complexity index is 1220. The van der Waals surface area contributed by atoms with Gasteiger partial charge in [-0.3, -0.25) is 4.79 Å². The number of amides is 1. The van der Waals surface area contributed by atoms with Gasteiger partial charge in [-0.15, -0.1) is 0 Å². The summed E-state index contributed by atoms with van der Waals surface area (Å²) in [6.07, 6.45) is 2.58. The summed E-state index contributed by atoms with van der Waals surface area (Å²) < 4.78 is 0. The van der Waals surface area contributed by atoms with Crippen LogP contribution in [0.3, 0.4) is 0 Å². The van der Waals surface area contributed by atoms with E-state index in [0.29, 0.717) is 25.1 Å². The molecule has 0 bridgehead atoms. The Morgan fingerprint density at radius 2 is 1.69 bits per heavy atom. The van der Waals surface area contributed by atoms with E-state index in [9.17, 15) is 4.79 Å². The predicted octanol–water partition coefficient (Wildman–Crippen LogP) is 7.00. The van der Waals surface area contributed by atoms with Crippen molar-refractivity contribution < 1.29 is 4.79 Å². The van der Waals surface area contributed by atoms with E-state index in [0.717, 1.165) is 27.1 Å². The highest BCUT2D eigenvalue weighted by atomic mass is 35.5. The normalized spacial score (nSPS) is 11.6. The highest BCUT2D eigenvalue weighted by Gasteiger charge is 2.20. The zero-order valence-corrected chi connectivity index (χ0v) is 19.6. The average molecular weight is 445 g/mol. The molecule has 164 valence electrons. The summed E-state index contributed by atoms with van der Waals surface area (Å²) in [5.41, 5.74) is 5.12. The average Bonchev–Trinajstić information content (AvgIpc) is 3.26. The number of fused-ring (bicyclic) bond motifs is 1. The van der Waals surface area contributed by atoms with Crippen LogP contribution in [0.2, 0.25) is 5.02 Å². The van der Waals surface area contributed by atoms with Crippen LogP contribution in [0.5, 0.6) is 0 Å². The van der Waals surface area contributed by atoms with Crippen molar-refractivity contribution >= 4 is 28.4 Å². The monoisotopic (exact) mass is 444 g/mol. The lowest BCUT2D eigenvalue weighted by molar-refractivity contribution is 0.0747. The van der Waals surface area contributed by atoms with E-state index in [1.54, 1.807) is 0 Å². The maximum absolute atomic E-state index is 13.7. The second-order valence-electron chi connectivity index (χ2n) is 9.26. The molecule has 0 spiro atoms. The van der Waals surface area contributed by atoms with E-state index < -0.39 is 0 Å². The van der Waals surface area contributed by atoms with E-state index in [1.807, 2.05) is 59.6 Å². The molecule has 4 heteroatoms. The minimum atomic E-state index is 0.0185. The van der Waals surface area contributed by atoms with Gasteiger partial charge in [-0.25, -0.2) is 0 Å². The van der Waals surface area contributed by atoms with E-state index in [-0.39, 0.29) is 11.3 Å². The topological polar surface area (TPSA) is 36.1 Å². The van der Waals surface area contributed by atoms with Gasteiger partial charge in [0.25, 0.3) is 5.91 Å². The van der Waals surface area contributed by atoms with Crippen LogP contribution in [0.1, 0.15) is 47.8 Å². The molecule has 4 aromatic rings. The minimum Gasteiger partial charge on any atom is -0.361 e. The van der Waals surface area contributed by atoms with Gasteiger partial charge in [-0.2, -0.15) is 0 Å². The number of benzene rings is 3. The van der Waals surface area contributed by atoms with E-state index >= 15 is 0 Å². The number of carbonyl (C=O) groups excluding carboxylic acids is 1. The number of nitrogens with zero attached hydrogens (tertiary/aromatic N) is 1. The van der Waals surface area contributed by atoms with Crippen molar-refractivity contribution in [2.45, 2.75) is 39.2 Å². The Hall–Kier alpha value is -3.04. The minimum absolute atomic E-state index is 0.0185. The lowest BCUT2D eigenvalue weighted by atomic mass is 9.87. The zero-order chi connectivity index (χ0) is 22.7. The first-order chi connectivity index (χ1) is 15.3. The van der Waals surface area contributed by atoms with Gasteiger partial charge in [0.05, 0.1) is 11.1 Å². The largest absolute Gasteiger partial charge is 0.361 e. The lowest BCUT2D eigenvalue weighted by Crippen LogP contribution is -2.32. The number of H-pyrrole nitrogens is 1. The van der Waals surface area contributed by atoms with Crippen LogP contribution >= 0.6 is 11.6 Å². The van der Waals surface area contributed by atoms with Crippen molar-refractivity contribution in [3.63, 3.8) is 0 Å². The fourth-order valence-corrected chi connectivity index (χ4v) is 4.20. The van der Waals surface area contributed by atoms with E-state index in [4.69, 9.17) is 11.6 Å². The standard InChI is InChI=1S/C28H29ClN2O/c1-28(2,3)23-13-11-20(12-14-23)19-31(18-16-21-7-4-5-10-25(21)29)27(32)24-9-6-8-22-15-17-30-26(22)24/h4-15,17,30H,16,18-19H2,1-3H3. The first-order valence-corrected chi connectivity index (χ1v) is 11.4. The summed E-state index contributed by atoms with van der Waals surface area (Å²) in [5.74, 6) is 0.0185. The third-order valence-electron chi connectivity index (χ3n) is 5.91. The van der Waals surface area contributed by atoms with E-state index in [2.05, 4.69) is 50.0 Å². The summed E-state index contributed by atoms with van der Waals surface area (Å²) in [7, 11) is 0. The smallest absolute Gasteiger partial charge is 0.256 e. The van der Waals surface area contributed by atoms with Crippen molar-refractivity contribution in [2.75, 3.05) is 6.54 Å². The molecule has 3 nitrogen and oxygen atoms in total. The van der Waals surface area contributed by atoms with Crippen LogP contribution in [0.25, 0.3) is 10.9 Å². The molecule has 0 unspecified atom stereocenters. The summed E-state index contributed by atoms with van der Waals surface area (Å²) in [6, 6.07) is 24.3. The van der Waals surface area contributed by atoms with Gasteiger partial charge in [0.2, 0.25) is 0 Å². The third kappa shape index (κ3) is 4.89. The highest BCUT2D eigenvalue weighted by Crippen LogP contribution is 2.24. The Morgan fingerprint density at radius 3 is 2.41 bits per heavy atom. The van der Waals surface area contributed by atoms with Gasteiger partial charge >= 0.3 is 0 Å². The van der Waals surface area contributed by atoms with Crippen molar-refractivity contribution in [2.24, 2.45) is 0 Å². The Labute approximate surface area is 195 Å². The number of para-hydroxylation sites is 1. The molecule has 4 rings (SSSR count). The van der Waals surface area contributed by atoms with Crippen molar-refractivity contribution in [3.05, 3.63) is 106 Å². The number of aromatic nitrogens is 1. The molecule has 0 aliphatic rings. The van der Waals surface area contributed by atoms with Gasteiger partial charge in [0.1, 0.15) is 0 Å². The summed E-state index contributed by atoms with van der Waals surface area (Å²) in [6.45, 7) is 7.75. The summed E-state index contributed by atoms with van der Waals surface area (Å²) in [5, 5.41) is 1.78. The van der Waals surface area contributed by atoms with Gasteiger partial charge in [0.15, 0.2) is 0 Å². The first kappa shape index (κ1) is 22.2. The second-order valence-corrected chi connectivity index (χ2v) is 9.67. The molecule has 32 heavy (non-hydrogen) atoms. The number of halogens is 1. The van der Waals surface area contributed by atoms with E-state index in [1.165, 1.54) is 5.56 Å². The maximum Gasteiger partial charge on any atom is 0.256 e. The first-order valence-electron chi connectivity index (χ1n) is 11.0. The zero-order valence-electron chi connectivity index (χ0n) is 18.9. The van der Waals surface area contributed by atoms with Crippen LogP contribution < -0.4 is 0 Å². The molecule has 3 aromatic carbocycles. The van der Waals surface area contributed by atoms with Gasteiger partial charge in [0, 0.05) is 29.7 Å². The Balaban J connectivity index is 1.62. The molecule has 0 radical (unpaired) electrons. The fraction of sp³-hybridized carbons (Fsp3) is 0.250. The summed E-state index contributed by atoms with van der Waals surface area (Å²) >= 11 is 6.38. The number of hydrogen-bond acceptors (Lipinski definition) is 1. The molecule has 0 aliphatic carbocycles. The van der Waals surface area contributed by atoms with Gasteiger partial charge < -0.3 is 9.88 Å². The fourth-order valence-electron chi connectivity index (χ4n) is 3.97. The second kappa shape index (κ2) is 9.22. The molecule has 1 N–H and O–H groups in total. The maximum atomic E-state index is 13.7. The third-order valence-corrected chi connectivity index (χ3v) is 6.28. The van der Waals surface area contributed by atoms with Crippen molar-refractivity contribution in [3.8, 4) is 0 Å². The highest BCUT2D eigenvalue weighted by molar-refractivity contribution is 6.31. The molecular formula is C28H29ClN2O. The van der Waals surface area contributed by atoms with Gasteiger partial charge in [-0.05, 0) is 46.7 Å². The SMILES string of the molecule is CC(C)(C)c1ccc(CN(CCc2ccccc2Cl)C(=O)c2cccc3cc[nH]c23)cc1. The Morgan fingerprint density at radius 1 is 0.938 bits per heavy atom.